The highest BCUT2D eigenvalue weighted by Crippen LogP contribution is 2.29. The fraction of sp³-hybridized carbons (Fsp3) is 0.211. The van der Waals surface area contributed by atoms with Gasteiger partial charge in [0.1, 0.15) is 6.17 Å². The largest absolute Gasteiger partial charge is 0.462 e. The van der Waals surface area contributed by atoms with Crippen LogP contribution in [0.3, 0.4) is 0 Å². The maximum absolute atomic E-state index is 12.6. The number of esters is 1. The molecule has 0 saturated heterocycles. The number of anilines is 1. The van der Waals surface area contributed by atoms with Gasteiger partial charge in [-0.05, 0) is 71.5 Å². The second kappa shape index (κ2) is 11.2. The van der Waals surface area contributed by atoms with Crippen molar-refractivity contribution < 1.29 is 14.3 Å². The lowest BCUT2D eigenvalue weighted by Gasteiger charge is -2.28. The van der Waals surface area contributed by atoms with Crippen molar-refractivity contribution in [2.45, 2.75) is 16.9 Å². The minimum Gasteiger partial charge on any atom is -0.462 e. The van der Waals surface area contributed by atoms with Gasteiger partial charge in [-0.25, -0.2) is 4.79 Å². The van der Waals surface area contributed by atoms with Crippen LogP contribution in [0.2, 0.25) is 0 Å². The summed E-state index contributed by atoms with van der Waals surface area (Å²) in [6.07, 6.45) is -1.12. The first kappa shape index (κ1) is 24.7. The predicted molar refractivity (Wildman–Crippen MR) is 127 cm³/mol. The summed E-state index contributed by atoms with van der Waals surface area (Å²) in [5.74, 6) is -0.885. The number of benzene rings is 2. The topological polar surface area (TPSA) is 79.5 Å². The SMILES string of the molecule is CCOC(=O)c1ccc(NC(=S)N[C@H](NC(=O)c2ccccc2Br)C(Cl)(Cl)Cl)cc1. The van der Waals surface area contributed by atoms with Gasteiger partial charge in [-0.3, -0.25) is 4.79 Å². The van der Waals surface area contributed by atoms with Crippen LogP contribution in [0.25, 0.3) is 0 Å². The van der Waals surface area contributed by atoms with Crippen LogP contribution in [-0.2, 0) is 4.74 Å². The Morgan fingerprint density at radius 2 is 1.73 bits per heavy atom. The van der Waals surface area contributed by atoms with Gasteiger partial charge in [0, 0.05) is 10.2 Å². The predicted octanol–water partition coefficient (Wildman–Crippen LogP) is 5.04. The fourth-order valence-corrected chi connectivity index (χ4v) is 3.28. The molecule has 0 aromatic heterocycles. The molecule has 0 aliphatic carbocycles. The molecule has 2 rings (SSSR count). The maximum atomic E-state index is 12.6. The number of amides is 1. The average Bonchev–Trinajstić information content (AvgIpc) is 2.67. The van der Waals surface area contributed by atoms with Gasteiger partial charge in [-0.15, -0.1) is 0 Å². The molecule has 0 aliphatic rings. The molecule has 0 radical (unpaired) electrons. The normalized spacial score (nSPS) is 11.9. The molecule has 6 nitrogen and oxygen atoms in total. The molecule has 0 aliphatic heterocycles. The Bertz CT molecular complexity index is 923. The van der Waals surface area contributed by atoms with E-state index in [0.717, 1.165) is 0 Å². The Balaban J connectivity index is 2.04. The lowest BCUT2D eigenvalue weighted by molar-refractivity contribution is 0.0526. The first-order chi connectivity index (χ1) is 14.1. The summed E-state index contributed by atoms with van der Waals surface area (Å²) in [4.78, 5) is 24.3. The zero-order chi connectivity index (χ0) is 22.3. The average molecular weight is 554 g/mol. The standard InChI is InChI=1S/C19H17BrCl3N3O3S/c1-2-29-16(28)11-7-9-12(10-8-11)24-18(30)26-17(19(21,22)23)25-15(27)13-5-3-4-6-14(13)20/h3-10,17H,2H2,1H3,(H,25,27)(H2,24,26,30)/t17-/m0/s1. The Labute approximate surface area is 202 Å². The molecule has 0 unspecified atom stereocenters. The second-order valence-electron chi connectivity index (χ2n) is 5.82. The molecule has 0 heterocycles. The fourth-order valence-electron chi connectivity index (χ4n) is 2.26. The molecule has 0 spiro atoms. The van der Waals surface area contributed by atoms with Crippen molar-refractivity contribution in [3.8, 4) is 0 Å². The third kappa shape index (κ3) is 7.28. The number of carbonyl (C=O) groups excluding carboxylic acids is 2. The summed E-state index contributed by atoms with van der Waals surface area (Å²) >= 11 is 26.6. The van der Waals surface area contributed by atoms with Crippen molar-refractivity contribution >= 4 is 85.6 Å². The number of ether oxygens (including phenoxy) is 1. The Kier molecular flexibility index (Phi) is 9.18. The van der Waals surface area contributed by atoms with E-state index in [1.54, 1.807) is 55.5 Å². The molecule has 2 aromatic rings. The van der Waals surface area contributed by atoms with Crippen molar-refractivity contribution in [2.24, 2.45) is 0 Å². The van der Waals surface area contributed by atoms with E-state index in [0.29, 0.717) is 21.3 Å². The van der Waals surface area contributed by atoms with Crippen molar-refractivity contribution in [3.05, 3.63) is 64.1 Å². The minimum absolute atomic E-state index is 0.0997. The van der Waals surface area contributed by atoms with Crippen LogP contribution < -0.4 is 16.0 Å². The van der Waals surface area contributed by atoms with Gasteiger partial charge < -0.3 is 20.7 Å². The number of alkyl halides is 3. The molecule has 3 N–H and O–H groups in total. The highest BCUT2D eigenvalue weighted by atomic mass is 79.9. The van der Waals surface area contributed by atoms with E-state index in [2.05, 4.69) is 31.9 Å². The molecule has 1 atom stereocenters. The van der Waals surface area contributed by atoms with Crippen molar-refractivity contribution in [1.29, 1.82) is 0 Å². The van der Waals surface area contributed by atoms with Crippen LogP contribution in [0, 0.1) is 0 Å². The van der Waals surface area contributed by atoms with E-state index in [1.807, 2.05) is 0 Å². The van der Waals surface area contributed by atoms with E-state index in [-0.39, 0.29) is 11.7 Å². The molecular formula is C19H17BrCl3N3O3S. The van der Waals surface area contributed by atoms with Crippen LogP contribution in [0.4, 0.5) is 5.69 Å². The van der Waals surface area contributed by atoms with Crippen LogP contribution in [-0.4, -0.2) is 33.6 Å². The van der Waals surface area contributed by atoms with Gasteiger partial charge in [-0.1, -0.05) is 46.9 Å². The van der Waals surface area contributed by atoms with Gasteiger partial charge in [0.05, 0.1) is 17.7 Å². The number of hydrogen-bond donors (Lipinski definition) is 3. The van der Waals surface area contributed by atoms with Crippen LogP contribution in [0.5, 0.6) is 0 Å². The van der Waals surface area contributed by atoms with Gasteiger partial charge >= 0.3 is 5.97 Å². The number of halogens is 4. The molecular weight excluding hydrogens is 537 g/mol. The number of hydrogen-bond acceptors (Lipinski definition) is 4. The van der Waals surface area contributed by atoms with Crippen molar-refractivity contribution in [1.82, 2.24) is 10.6 Å². The zero-order valence-electron chi connectivity index (χ0n) is 15.5. The quantitative estimate of drug-likeness (QED) is 0.201. The molecule has 2 aromatic carbocycles. The van der Waals surface area contributed by atoms with Gasteiger partial charge in [0.2, 0.25) is 3.79 Å². The highest BCUT2D eigenvalue weighted by Gasteiger charge is 2.35. The van der Waals surface area contributed by atoms with Crippen LogP contribution in [0.15, 0.2) is 53.0 Å². The number of thiocarbonyl (C=S) groups is 1. The van der Waals surface area contributed by atoms with Crippen LogP contribution in [0.1, 0.15) is 27.6 Å². The van der Waals surface area contributed by atoms with Gasteiger partial charge in [0.15, 0.2) is 5.11 Å². The maximum Gasteiger partial charge on any atom is 0.338 e. The molecule has 0 saturated carbocycles. The first-order valence-electron chi connectivity index (χ1n) is 8.58. The molecule has 11 heteroatoms. The van der Waals surface area contributed by atoms with Crippen LogP contribution >= 0.6 is 63.0 Å². The lowest BCUT2D eigenvalue weighted by atomic mass is 10.2. The molecule has 160 valence electrons. The molecule has 0 fully saturated rings. The number of carbonyl (C=O) groups is 2. The monoisotopic (exact) mass is 551 g/mol. The third-order valence-corrected chi connectivity index (χ3v) is 5.22. The summed E-state index contributed by atoms with van der Waals surface area (Å²) in [5.41, 5.74) is 1.36. The summed E-state index contributed by atoms with van der Waals surface area (Å²) in [6.45, 7) is 2.02. The Morgan fingerprint density at radius 1 is 1.10 bits per heavy atom. The van der Waals surface area contributed by atoms with Crippen molar-refractivity contribution in [2.75, 3.05) is 11.9 Å². The Morgan fingerprint density at radius 3 is 2.30 bits per heavy atom. The second-order valence-corrected chi connectivity index (χ2v) is 9.46. The highest BCUT2D eigenvalue weighted by molar-refractivity contribution is 9.10. The third-order valence-electron chi connectivity index (χ3n) is 3.65. The Hall–Kier alpha value is -1.58. The summed E-state index contributed by atoms with van der Waals surface area (Å²) in [7, 11) is 0. The van der Waals surface area contributed by atoms with E-state index in [9.17, 15) is 9.59 Å². The molecule has 1 amide bonds. The molecule has 0 bridgehead atoms. The molecule has 30 heavy (non-hydrogen) atoms. The smallest absolute Gasteiger partial charge is 0.338 e. The lowest BCUT2D eigenvalue weighted by Crippen LogP contribution is -2.56. The van der Waals surface area contributed by atoms with E-state index < -0.39 is 21.8 Å². The van der Waals surface area contributed by atoms with Crippen molar-refractivity contribution in [3.63, 3.8) is 0 Å². The summed E-state index contributed by atoms with van der Waals surface area (Å²) in [5, 5.41) is 8.37. The summed E-state index contributed by atoms with van der Waals surface area (Å²) in [6, 6.07) is 13.3. The van der Waals surface area contributed by atoms with E-state index >= 15 is 0 Å². The zero-order valence-corrected chi connectivity index (χ0v) is 20.2. The van der Waals surface area contributed by atoms with Gasteiger partial charge in [0.25, 0.3) is 5.91 Å². The number of nitrogens with one attached hydrogen (secondary N) is 3. The number of rotatable bonds is 6. The minimum atomic E-state index is -1.89. The summed E-state index contributed by atoms with van der Waals surface area (Å²) < 4.78 is 3.63. The van der Waals surface area contributed by atoms with E-state index in [1.165, 1.54) is 0 Å². The van der Waals surface area contributed by atoms with E-state index in [4.69, 9.17) is 51.8 Å². The van der Waals surface area contributed by atoms with Gasteiger partial charge in [-0.2, -0.15) is 0 Å². The first-order valence-corrected chi connectivity index (χ1v) is 10.9.